The first-order chi connectivity index (χ1) is 16.7. The molecule has 2 rings (SSSR count). The highest BCUT2D eigenvalue weighted by Gasteiger charge is 2.17. The number of rotatable bonds is 9. The Kier molecular flexibility index (Phi) is 9.78. The van der Waals surface area contributed by atoms with Gasteiger partial charge in [-0.05, 0) is 90.8 Å². The van der Waals surface area contributed by atoms with Gasteiger partial charge in [-0.3, -0.25) is 19.2 Å². The summed E-state index contributed by atoms with van der Waals surface area (Å²) in [4.78, 5) is 49.3. The lowest BCUT2D eigenvalue weighted by molar-refractivity contribution is -0.118. The molecule has 0 atom stereocenters. The minimum Gasteiger partial charge on any atom is -0.347 e. The number of amides is 4. The standard InChI is InChI=1S/C28H38N4O4/c1-27(2,3)31-25(35)19-11-9-13-21(17-19)29-23(33)15-7-8-16-24(34)30-22-14-10-12-20(18-22)26(36)32-28(4,5)6/h9-14,17-18H,7-8,15-16H2,1-6H3,(H,29,33)(H,30,34)(H,31,35)(H,32,36). The summed E-state index contributed by atoms with van der Waals surface area (Å²) >= 11 is 0. The quantitative estimate of drug-likeness (QED) is 0.372. The van der Waals surface area contributed by atoms with Crippen LogP contribution in [0.5, 0.6) is 0 Å². The van der Waals surface area contributed by atoms with Gasteiger partial charge in [-0.25, -0.2) is 0 Å². The van der Waals surface area contributed by atoms with Crippen LogP contribution in [0.1, 0.15) is 87.9 Å². The van der Waals surface area contributed by atoms with Crippen LogP contribution in [0.3, 0.4) is 0 Å². The molecule has 0 bridgehead atoms. The molecule has 0 heterocycles. The van der Waals surface area contributed by atoms with Gasteiger partial charge in [-0.1, -0.05) is 12.1 Å². The lowest BCUT2D eigenvalue weighted by Crippen LogP contribution is -2.40. The van der Waals surface area contributed by atoms with Crippen LogP contribution in [0.4, 0.5) is 11.4 Å². The molecule has 0 spiro atoms. The summed E-state index contributed by atoms with van der Waals surface area (Å²) in [6.07, 6.45) is 1.59. The predicted octanol–water partition coefficient (Wildman–Crippen LogP) is 4.88. The molecule has 2 aromatic rings. The van der Waals surface area contributed by atoms with Crippen molar-refractivity contribution >= 4 is 35.0 Å². The van der Waals surface area contributed by atoms with Crippen LogP contribution in [0.15, 0.2) is 48.5 Å². The third-order valence-corrected chi connectivity index (χ3v) is 4.85. The average molecular weight is 495 g/mol. The molecular weight excluding hydrogens is 456 g/mol. The Hall–Kier alpha value is -3.68. The van der Waals surface area contributed by atoms with E-state index in [1.165, 1.54) is 0 Å². The molecule has 4 N–H and O–H groups in total. The second-order valence-corrected chi connectivity index (χ2v) is 10.9. The molecule has 36 heavy (non-hydrogen) atoms. The van der Waals surface area contributed by atoms with Crippen molar-refractivity contribution in [2.75, 3.05) is 10.6 Å². The molecule has 0 aliphatic rings. The molecule has 8 heteroatoms. The molecule has 194 valence electrons. The Morgan fingerprint density at radius 1 is 0.611 bits per heavy atom. The maximum atomic E-state index is 12.3. The van der Waals surface area contributed by atoms with E-state index in [2.05, 4.69) is 21.3 Å². The topological polar surface area (TPSA) is 116 Å². The zero-order valence-electron chi connectivity index (χ0n) is 22.1. The Labute approximate surface area is 213 Å². The van der Waals surface area contributed by atoms with Crippen LogP contribution in [-0.4, -0.2) is 34.7 Å². The summed E-state index contributed by atoms with van der Waals surface area (Å²) in [6, 6.07) is 13.6. The van der Waals surface area contributed by atoms with Crippen LogP contribution in [0.25, 0.3) is 0 Å². The molecule has 0 aliphatic carbocycles. The van der Waals surface area contributed by atoms with E-state index in [9.17, 15) is 19.2 Å². The van der Waals surface area contributed by atoms with E-state index in [-0.39, 0.29) is 47.5 Å². The molecule has 0 saturated heterocycles. The van der Waals surface area contributed by atoms with Crippen molar-refractivity contribution in [1.29, 1.82) is 0 Å². The predicted molar refractivity (Wildman–Crippen MR) is 143 cm³/mol. The smallest absolute Gasteiger partial charge is 0.251 e. The van der Waals surface area contributed by atoms with Gasteiger partial charge in [0.15, 0.2) is 0 Å². The lowest BCUT2D eigenvalue weighted by Gasteiger charge is -2.20. The molecule has 4 amide bonds. The van der Waals surface area contributed by atoms with Gasteiger partial charge < -0.3 is 21.3 Å². The summed E-state index contributed by atoms with van der Waals surface area (Å²) in [6.45, 7) is 11.4. The van der Waals surface area contributed by atoms with Gasteiger partial charge in [0, 0.05) is 46.4 Å². The van der Waals surface area contributed by atoms with Crippen LogP contribution in [0.2, 0.25) is 0 Å². The number of carbonyl (C=O) groups excluding carboxylic acids is 4. The monoisotopic (exact) mass is 494 g/mol. The molecule has 0 fully saturated rings. The summed E-state index contributed by atoms with van der Waals surface area (Å²) in [7, 11) is 0. The van der Waals surface area contributed by atoms with Gasteiger partial charge in [-0.15, -0.1) is 0 Å². The molecule has 8 nitrogen and oxygen atoms in total. The largest absolute Gasteiger partial charge is 0.347 e. The Morgan fingerprint density at radius 3 is 1.31 bits per heavy atom. The minimum atomic E-state index is -0.355. The molecule has 0 unspecified atom stereocenters. The van der Waals surface area contributed by atoms with Gasteiger partial charge in [0.05, 0.1) is 0 Å². The molecule has 0 aromatic heterocycles. The molecule has 0 saturated carbocycles. The first-order valence-electron chi connectivity index (χ1n) is 12.2. The number of anilines is 2. The Bertz CT molecular complexity index is 1010. The van der Waals surface area contributed by atoms with E-state index in [0.29, 0.717) is 35.3 Å². The Balaban J connectivity index is 1.77. The SMILES string of the molecule is CC(C)(C)NC(=O)c1cccc(NC(=O)CCCCC(=O)Nc2cccc(C(=O)NC(C)(C)C)c2)c1. The fraction of sp³-hybridized carbons (Fsp3) is 0.429. The number of nitrogens with one attached hydrogen (secondary N) is 4. The first kappa shape index (κ1) is 28.6. The van der Waals surface area contributed by atoms with Gasteiger partial charge >= 0.3 is 0 Å². The molecule has 2 aromatic carbocycles. The number of hydrogen-bond acceptors (Lipinski definition) is 4. The van der Waals surface area contributed by atoms with Gasteiger partial charge in [-0.2, -0.15) is 0 Å². The first-order valence-corrected chi connectivity index (χ1v) is 12.2. The lowest BCUT2D eigenvalue weighted by atomic mass is 10.1. The fourth-order valence-corrected chi connectivity index (χ4v) is 3.32. The van der Waals surface area contributed by atoms with E-state index in [0.717, 1.165) is 0 Å². The second-order valence-electron chi connectivity index (χ2n) is 10.9. The number of unbranched alkanes of at least 4 members (excludes halogenated alkanes) is 1. The van der Waals surface area contributed by atoms with Crippen molar-refractivity contribution < 1.29 is 19.2 Å². The van der Waals surface area contributed by atoms with Gasteiger partial charge in [0.2, 0.25) is 11.8 Å². The molecule has 0 aliphatic heterocycles. The van der Waals surface area contributed by atoms with Crippen LogP contribution in [-0.2, 0) is 9.59 Å². The van der Waals surface area contributed by atoms with E-state index in [1.54, 1.807) is 48.5 Å². The van der Waals surface area contributed by atoms with Crippen molar-refractivity contribution in [3.8, 4) is 0 Å². The third-order valence-electron chi connectivity index (χ3n) is 4.85. The van der Waals surface area contributed by atoms with Crippen molar-refractivity contribution in [3.63, 3.8) is 0 Å². The summed E-state index contributed by atoms with van der Waals surface area (Å²) in [5.74, 6) is -0.766. The normalized spacial score (nSPS) is 11.4. The minimum absolute atomic E-state index is 0.179. The summed E-state index contributed by atoms with van der Waals surface area (Å²) in [5, 5.41) is 11.4. The highest BCUT2D eigenvalue weighted by molar-refractivity contribution is 5.98. The maximum absolute atomic E-state index is 12.3. The van der Waals surface area contributed by atoms with Crippen molar-refractivity contribution in [3.05, 3.63) is 59.7 Å². The van der Waals surface area contributed by atoms with E-state index in [1.807, 2.05) is 41.5 Å². The summed E-state index contributed by atoms with van der Waals surface area (Å²) in [5.41, 5.74) is 1.33. The van der Waals surface area contributed by atoms with E-state index in [4.69, 9.17) is 0 Å². The van der Waals surface area contributed by atoms with Gasteiger partial charge in [0.25, 0.3) is 11.8 Å². The average Bonchev–Trinajstić information content (AvgIpc) is 2.75. The van der Waals surface area contributed by atoms with Crippen LogP contribution >= 0.6 is 0 Å². The number of hydrogen-bond donors (Lipinski definition) is 4. The zero-order valence-corrected chi connectivity index (χ0v) is 22.1. The van der Waals surface area contributed by atoms with Crippen LogP contribution < -0.4 is 21.3 Å². The van der Waals surface area contributed by atoms with Crippen molar-refractivity contribution in [1.82, 2.24) is 10.6 Å². The fourth-order valence-electron chi connectivity index (χ4n) is 3.32. The van der Waals surface area contributed by atoms with Crippen LogP contribution in [0, 0.1) is 0 Å². The zero-order chi connectivity index (χ0) is 26.9. The number of benzene rings is 2. The second kappa shape index (κ2) is 12.3. The molecular formula is C28H38N4O4. The van der Waals surface area contributed by atoms with Gasteiger partial charge in [0.1, 0.15) is 0 Å². The third kappa shape index (κ3) is 10.7. The van der Waals surface area contributed by atoms with E-state index < -0.39 is 0 Å². The van der Waals surface area contributed by atoms with Crippen molar-refractivity contribution in [2.24, 2.45) is 0 Å². The van der Waals surface area contributed by atoms with E-state index >= 15 is 0 Å². The summed E-state index contributed by atoms with van der Waals surface area (Å²) < 4.78 is 0. The maximum Gasteiger partial charge on any atom is 0.251 e. The molecule has 0 radical (unpaired) electrons. The van der Waals surface area contributed by atoms with Crippen molar-refractivity contribution in [2.45, 2.75) is 78.3 Å². The highest BCUT2D eigenvalue weighted by Crippen LogP contribution is 2.15. The Morgan fingerprint density at radius 2 is 0.972 bits per heavy atom. The number of carbonyl (C=O) groups is 4. The highest BCUT2D eigenvalue weighted by atomic mass is 16.2.